The van der Waals surface area contributed by atoms with Crippen molar-refractivity contribution < 1.29 is 9.53 Å². The van der Waals surface area contributed by atoms with Gasteiger partial charge >= 0.3 is 0 Å². The van der Waals surface area contributed by atoms with E-state index in [0.29, 0.717) is 22.0 Å². The quantitative estimate of drug-likeness (QED) is 0.790. The van der Waals surface area contributed by atoms with E-state index in [-0.39, 0.29) is 5.91 Å². The van der Waals surface area contributed by atoms with Crippen LogP contribution in [-0.4, -0.2) is 18.0 Å². The van der Waals surface area contributed by atoms with Crippen LogP contribution >= 0.6 is 11.6 Å². The number of halogens is 1. The number of rotatable bonds is 3. The number of nitrogens with one attached hydrogen (secondary N) is 1. The highest BCUT2D eigenvalue weighted by Gasteiger charge is 2.11. The third-order valence-corrected chi connectivity index (χ3v) is 3.59. The van der Waals surface area contributed by atoms with Crippen molar-refractivity contribution in [1.82, 2.24) is 4.98 Å². The second-order valence-corrected chi connectivity index (χ2v) is 5.09. The molecule has 3 aromatic rings. The van der Waals surface area contributed by atoms with E-state index in [9.17, 15) is 4.79 Å². The zero-order valence-corrected chi connectivity index (χ0v) is 12.6. The van der Waals surface area contributed by atoms with Gasteiger partial charge in [-0.15, -0.1) is 0 Å². The molecule has 5 heteroatoms. The van der Waals surface area contributed by atoms with Crippen LogP contribution in [0, 0.1) is 0 Å². The summed E-state index contributed by atoms with van der Waals surface area (Å²) in [5, 5.41) is 4.23. The monoisotopic (exact) mass is 312 g/mol. The van der Waals surface area contributed by atoms with Crippen molar-refractivity contribution in [3.05, 3.63) is 65.3 Å². The molecule has 0 saturated heterocycles. The van der Waals surface area contributed by atoms with E-state index in [1.54, 1.807) is 24.4 Å². The van der Waals surface area contributed by atoms with Crippen molar-refractivity contribution in [2.24, 2.45) is 0 Å². The molecule has 3 rings (SSSR count). The Hall–Kier alpha value is -2.59. The van der Waals surface area contributed by atoms with E-state index in [4.69, 9.17) is 16.3 Å². The minimum atomic E-state index is -0.247. The van der Waals surface area contributed by atoms with Crippen molar-refractivity contribution in [1.29, 1.82) is 0 Å². The summed E-state index contributed by atoms with van der Waals surface area (Å²) in [7, 11) is 1.53. The first-order chi connectivity index (χ1) is 10.7. The van der Waals surface area contributed by atoms with Crippen molar-refractivity contribution in [3.63, 3.8) is 0 Å². The Morgan fingerprint density at radius 1 is 1.18 bits per heavy atom. The highest BCUT2D eigenvalue weighted by atomic mass is 35.5. The Morgan fingerprint density at radius 3 is 2.77 bits per heavy atom. The number of hydrogen-bond acceptors (Lipinski definition) is 3. The van der Waals surface area contributed by atoms with Gasteiger partial charge in [0.15, 0.2) is 0 Å². The van der Waals surface area contributed by atoms with Gasteiger partial charge in [-0.25, -0.2) is 0 Å². The number of nitrogens with zero attached hydrogens (tertiary/aromatic N) is 1. The first kappa shape index (κ1) is 14.4. The van der Waals surface area contributed by atoms with Gasteiger partial charge in [0.1, 0.15) is 5.75 Å². The molecule has 2 aromatic carbocycles. The molecule has 0 aliphatic heterocycles. The minimum absolute atomic E-state index is 0.247. The molecule has 0 saturated carbocycles. The topological polar surface area (TPSA) is 51.2 Å². The van der Waals surface area contributed by atoms with Crippen molar-refractivity contribution in [3.8, 4) is 5.75 Å². The molecule has 110 valence electrons. The lowest BCUT2D eigenvalue weighted by atomic mass is 10.1. The van der Waals surface area contributed by atoms with Crippen LogP contribution in [0.15, 0.2) is 54.7 Å². The standard InChI is InChI=1S/C17H13ClN2O2/c1-22-15-8-7-12(10-13(15)18)17(21)20-14-6-2-4-11-5-3-9-19-16(11)14/h2-10H,1H3,(H,20,21). The minimum Gasteiger partial charge on any atom is -0.495 e. The van der Waals surface area contributed by atoms with Gasteiger partial charge in [-0.05, 0) is 30.3 Å². The molecule has 0 fully saturated rings. The zero-order valence-electron chi connectivity index (χ0n) is 11.8. The molecule has 0 atom stereocenters. The summed E-state index contributed by atoms with van der Waals surface area (Å²) < 4.78 is 5.08. The lowest BCUT2D eigenvalue weighted by Gasteiger charge is -2.09. The fourth-order valence-electron chi connectivity index (χ4n) is 2.21. The predicted octanol–water partition coefficient (Wildman–Crippen LogP) is 4.15. The first-order valence-electron chi connectivity index (χ1n) is 6.67. The third kappa shape index (κ3) is 2.73. The number of para-hydroxylation sites is 1. The van der Waals surface area contributed by atoms with Crippen LogP contribution in [0.5, 0.6) is 5.75 Å². The smallest absolute Gasteiger partial charge is 0.255 e. The summed E-state index contributed by atoms with van der Waals surface area (Å²) in [4.78, 5) is 16.7. The molecule has 4 nitrogen and oxygen atoms in total. The van der Waals surface area contributed by atoms with Gasteiger partial charge in [0.2, 0.25) is 0 Å². The Bertz CT molecular complexity index is 844. The lowest BCUT2D eigenvalue weighted by Crippen LogP contribution is -2.12. The molecule has 1 amide bonds. The number of methoxy groups -OCH3 is 1. The Morgan fingerprint density at radius 2 is 2.00 bits per heavy atom. The summed E-state index contributed by atoms with van der Waals surface area (Å²) in [5.41, 5.74) is 1.87. The van der Waals surface area contributed by atoms with Crippen LogP contribution in [0.4, 0.5) is 5.69 Å². The summed E-state index contributed by atoms with van der Waals surface area (Å²) in [6.45, 7) is 0. The molecule has 0 bridgehead atoms. The largest absolute Gasteiger partial charge is 0.495 e. The van der Waals surface area contributed by atoms with E-state index >= 15 is 0 Å². The molecular weight excluding hydrogens is 300 g/mol. The average molecular weight is 313 g/mol. The molecule has 0 radical (unpaired) electrons. The zero-order chi connectivity index (χ0) is 15.5. The van der Waals surface area contributed by atoms with Crippen LogP contribution < -0.4 is 10.1 Å². The number of carbonyl (C=O) groups is 1. The van der Waals surface area contributed by atoms with Gasteiger partial charge in [-0.1, -0.05) is 29.8 Å². The molecule has 0 aliphatic rings. The Kier molecular flexibility index (Phi) is 3.94. The Labute approximate surface area is 132 Å². The number of carbonyl (C=O) groups excluding carboxylic acids is 1. The van der Waals surface area contributed by atoms with E-state index in [0.717, 1.165) is 10.9 Å². The summed E-state index contributed by atoms with van der Waals surface area (Å²) in [5.74, 6) is 0.285. The van der Waals surface area contributed by atoms with E-state index in [1.165, 1.54) is 7.11 Å². The fourth-order valence-corrected chi connectivity index (χ4v) is 2.46. The second kappa shape index (κ2) is 6.03. The van der Waals surface area contributed by atoms with Crippen LogP contribution in [0.3, 0.4) is 0 Å². The van der Waals surface area contributed by atoms with Gasteiger partial charge in [-0.3, -0.25) is 9.78 Å². The van der Waals surface area contributed by atoms with Gasteiger partial charge in [0, 0.05) is 17.1 Å². The second-order valence-electron chi connectivity index (χ2n) is 4.68. The van der Waals surface area contributed by atoms with E-state index in [2.05, 4.69) is 10.3 Å². The maximum atomic E-state index is 12.4. The lowest BCUT2D eigenvalue weighted by molar-refractivity contribution is 0.102. The molecule has 1 heterocycles. The predicted molar refractivity (Wildman–Crippen MR) is 87.7 cm³/mol. The van der Waals surface area contributed by atoms with Crippen molar-refractivity contribution >= 4 is 34.1 Å². The maximum absolute atomic E-state index is 12.4. The van der Waals surface area contributed by atoms with Gasteiger partial charge in [0.25, 0.3) is 5.91 Å². The highest BCUT2D eigenvalue weighted by molar-refractivity contribution is 6.32. The molecule has 1 N–H and O–H groups in total. The van der Waals surface area contributed by atoms with Crippen LogP contribution in [0.2, 0.25) is 5.02 Å². The van der Waals surface area contributed by atoms with Gasteiger partial charge in [0.05, 0.1) is 23.3 Å². The number of benzene rings is 2. The first-order valence-corrected chi connectivity index (χ1v) is 7.05. The molecule has 0 spiro atoms. The number of pyridine rings is 1. The normalized spacial score (nSPS) is 10.5. The SMILES string of the molecule is COc1ccc(C(=O)Nc2cccc3cccnc23)cc1Cl. The van der Waals surface area contributed by atoms with Crippen molar-refractivity contribution in [2.45, 2.75) is 0 Å². The number of amides is 1. The van der Waals surface area contributed by atoms with Crippen molar-refractivity contribution in [2.75, 3.05) is 12.4 Å². The molecule has 1 aromatic heterocycles. The van der Waals surface area contributed by atoms with Crippen LogP contribution in [0.25, 0.3) is 10.9 Å². The Balaban J connectivity index is 1.92. The number of hydrogen-bond donors (Lipinski definition) is 1. The fraction of sp³-hybridized carbons (Fsp3) is 0.0588. The van der Waals surface area contributed by atoms with E-state index < -0.39 is 0 Å². The molecule has 0 unspecified atom stereocenters. The average Bonchev–Trinajstić information content (AvgIpc) is 2.55. The number of ether oxygens (including phenoxy) is 1. The van der Waals surface area contributed by atoms with E-state index in [1.807, 2.05) is 30.3 Å². The number of fused-ring (bicyclic) bond motifs is 1. The molecule has 22 heavy (non-hydrogen) atoms. The third-order valence-electron chi connectivity index (χ3n) is 3.29. The van der Waals surface area contributed by atoms with Crippen LogP contribution in [0.1, 0.15) is 10.4 Å². The number of aromatic nitrogens is 1. The van der Waals surface area contributed by atoms with Crippen LogP contribution in [-0.2, 0) is 0 Å². The molecular formula is C17H13ClN2O2. The molecule has 0 aliphatic carbocycles. The highest BCUT2D eigenvalue weighted by Crippen LogP contribution is 2.26. The van der Waals surface area contributed by atoms with Gasteiger partial charge < -0.3 is 10.1 Å². The maximum Gasteiger partial charge on any atom is 0.255 e. The number of anilines is 1. The van der Waals surface area contributed by atoms with Gasteiger partial charge in [-0.2, -0.15) is 0 Å². The summed E-state index contributed by atoms with van der Waals surface area (Å²) in [6.07, 6.45) is 1.70. The summed E-state index contributed by atoms with van der Waals surface area (Å²) in [6, 6.07) is 14.4. The summed E-state index contributed by atoms with van der Waals surface area (Å²) >= 11 is 6.05.